The van der Waals surface area contributed by atoms with Crippen molar-refractivity contribution in [2.24, 2.45) is 0 Å². The summed E-state index contributed by atoms with van der Waals surface area (Å²) in [6.07, 6.45) is -4.31. The van der Waals surface area contributed by atoms with Gasteiger partial charge in [0.15, 0.2) is 23.8 Å². The Morgan fingerprint density at radius 2 is 1.49 bits per heavy atom. The zero-order valence-electron chi connectivity index (χ0n) is 19.7. The van der Waals surface area contributed by atoms with E-state index < -0.39 is 48.2 Å². The number of aromatic nitrogens is 1. The molecule has 1 aliphatic heterocycles. The molecule has 1 aromatic heterocycles. The second-order valence-electron chi connectivity index (χ2n) is 7.51. The number of carbonyl (C=O) groups is 3. The fraction of sp³-hybridized carbons (Fsp3) is 0.391. The summed E-state index contributed by atoms with van der Waals surface area (Å²) in [6, 6.07) is 5.85. The third kappa shape index (κ3) is 5.38. The fourth-order valence-electron chi connectivity index (χ4n) is 3.73. The van der Waals surface area contributed by atoms with Crippen LogP contribution in [0, 0.1) is 0 Å². The lowest BCUT2D eigenvalue weighted by Crippen LogP contribution is -2.41. The van der Waals surface area contributed by atoms with E-state index in [1.807, 2.05) is 0 Å². The Kier molecular flexibility index (Phi) is 7.65. The summed E-state index contributed by atoms with van der Waals surface area (Å²) in [5.74, 6) is -1.87. The van der Waals surface area contributed by atoms with Crippen LogP contribution in [-0.4, -0.2) is 60.3 Å². The first-order chi connectivity index (χ1) is 16.6. The maximum atomic E-state index is 13.5. The minimum atomic E-state index is -1.46. The van der Waals surface area contributed by atoms with Gasteiger partial charge in [0.2, 0.25) is 12.4 Å². The Morgan fingerprint density at radius 1 is 0.886 bits per heavy atom. The van der Waals surface area contributed by atoms with Gasteiger partial charge in [-0.25, -0.2) is 0 Å². The highest BCUT2D eigenvalue weighted by atomic mass is 16.8. The number of nitrogens with zero attached hydrogens (tertiary/aromatic N) is 1. The molecule has 4 unspecified atom stereocenters. The fourth-order valence-corrected chi connectivity index (χ4v) is 3.73. The number of benzene rings is 1. The monoisotopic (exact) mass is 491 g/mol. The van der Waals surface area contributed by atoms with E-state index in [4.69, 9.17) is 28.4 Å². The van der Waals surface area contributed by atoms with Crippen molar-refractivity contribution in [3.05, 3.63) is 40.8 Å². The standard InChI is InChI=1S/C23H25NO11/c1-11(25)32-19-20(33-12(2)26)23(34-13(3)27)35-22(19)24-9-8-15(28)18(21(24)29)14-6-7-16(30-4)17(10-14)31-5/h6-10,19-20,22-23,28H,1-5H3. The number of carbonyl (C=O) groups excluding carboxylic acids is 3. The van der Waals surface area contributed by atoms with E-state index in [1.54, 1.807) is 12.1 Å². The van der Waals surface area contributed by atoms with Gasteiger partial charge in [-0.3, -0.25) is 23.7 Å². The van der Waals surface area contributed by atoms with Crippen LogP contribution in [0.25, 0.3) is 11.1 Å². The number of esters is 3. The number of aromatic hydroxyl groups is 1. The molecule has 12 heteroatoms. The van der Waals surface area contributed by atoms with E-state index >= 15 is 0 Å². The van der Waals surface area contributed by atoms with Gasteiger partial charge < -0.3 is 33.5 Å². The summed E-state index contributed by atoms with van der Waals surface area (Å²) in [4.78, 5) is 48.6. The largest absolute Gasteiger partial charge is 0.507 e. The van der Waals surface area contributed by atoms with Crippen LogP contribution in [0.4, 0.5) is 0 Å². The lowest BCUT2D eigenvalue weighted by atomic mass is 10.1. The Labute approximate surface area is 199 Å². The SMILES string of the molecule is COc1ccc(-c2c(O)ccn(C3OC(OC(C)=O)C(OC(C)=O)C3OC(C)=O)c2=O)cc1OC. The molecule has 0 radical (unpaired) electrons. The van der Waals surface area contributed by atoms with Crippen molar-refractivity contribution in [3.63, 3.8) is 0 Å². The summed E-state index contributed by atoms with van der Waals surface area (Å²) in [5.41, 5.74) is -0.544. The molecule has 4 atom stereocenters. The zero-order chi connectivity index (χ0) is 25.9. The summed E-state index contributed by atoms with van der Waals surface area (Å²) < 4.78 is 32.9. The molecule has 1 saturated heterocycles. The van der Waals surface area contributed by atoms with E-state index in [1.165, 1.54) is 32.5 Å². The van der Waals surface area contributed by atoms with Crippen LogP contribution < -0.4 is 15.0 Å². The molecule has 3 rings (SSSR count). The molecule has 35 heavy (non-hydrogen) atoms. The molecule has 2 aromatic rings. The lowest BCUT2D eigenvalue weighted by Gasteiger charge is -2.24. The van der Waals surface area contributed by atoms with Gasteiger partial charge >= 0.3 is 17.9 Å². The number of hydrogen-bond acceptors (Lipinski definition) is 11. The minimum Gasteiger partial charge on any atom is -0.507 e. The summed E-state index contributed by atoms with van der Waals surface area (Å²) >= 11 is 0. The van der Waals surface area contributed by atoms with Crippen LogP contribution in [0.15, 0.2) is 35.3 Å². The lowest BCUT2D eigenvalue weighted by molar-refractivity contribution is -0.198. The van der Waals surface area contributed by atoms with Crippen LogP contribution in [-0.2, 0) is 33.3 Å². The van der Waals surface area contributed by atoms with Gasteiger partial charge in [-0.2, -0.15) is 0 Å². The van der Waals surface area contributed by atoms with E-state index in [0.29, 0.717) is 17.1 Å². The second kappa shape index (κ2) is 10.5. The highest BCUT2D eigenvalue weighted by molar-refractivity contribution is 5.72. The molecule has 0 aliphatic carbocycles. The topological polar surface area (TPSA) is 149 Å². The smallest absolute Gasteiger partial charge is 0.305 e. The van der Waals surface area contributed by atoms with Crippen LogP contribution in [0.3, 0.4) is 0 Å². The average Bonchev–Trinajstić information content (AvgIpc) is 3.08. The first-order valence-corrected chi connectivity index (χ1v) is 10.4. The summed E-state index contributed by atoms with van der Waals surface area (Å²) in [6.45, 7) is 3.35. The first kappa shape index (κ1) is 25.6. The van der Waals surface area contributed by atoms with E-state index in [9.17, 15) is 24.3 Å². The van der Waals surface area contributed by atoms with Gasteiger partial charge in [-0.05, 0) is 23.8 Å². The zero-order valence-corrected chi connectivity index (χ0v) is 19.7. The Bertz CT molecular complexity index is 1190. The van der Waals surface area contributed by atoms with Crippen LogP contribution in [0.2, 0.25) is 0 Å². The van der Waals surface area contributed by atoms with Crippen LogP contribution in [0.5, 0.6) is 17.2 Å². The predicted octanol–water partition coefficient (Wildman–Crippen LogP) is 1.52. The van der Waals surface area contributed by atoms with Crippen molar-refractivity contribution in [1.29, 1.82) is 0 Å². The third-order valence-electron chi connectivity index (χ3n) is 5.08. The minimum absolute atomic E-state index is 0.112. The van der Waals surface area contributed by atoms with Gasteiger partial charge in [-0.1, -0.05) is 6.07 Å². The molecule has 0 bridgehead atoms. The average molecular weight is 491 g/mol. The van der Waals surface area contributed by atoms with E-state index in [0.717, 1.165) is 25.3 Å². The number of rotatable bonds is 7. The molecule has 1 aromatic carbocycles. The molecule has 1 aliphatic rings. The molecule has 2 heterocycles. The number of methoxy groups -OCH3 is 2. The second-order valence-corrected chi connectivity index (χ2v) is 7.51. The normalized spacial score (nSPS) is 21.2. The molecule has 1 fully saturated rings. The molecule has 188 valence electrons. The maximum absolute atomic E-state index is 13.5. The van der Waals surface area contributed by atoms with E-state index in [-0.39, 0.29) is 11.3 Å². The van der Waals surface area contributed by atoms with Crippen LogP contribution >= 0.6 is 0 Å². The number of pyridine rings is 1. The highest BCUT2D eigenvalue weighted by Crippen LogP contribution is 2.37. The number of ether oxygens (including phenoxy) is 6. The van der Waals surface area contributed by atoms with E-state index in [2.05, 4.69) is 0 Å². The quantitative estimate of drug-likeness (QED) is 0.444. The van der Waals surface area contributed by atoms with Gasteiger partial charge in [0, 0.05) is 27.0 Å². The molecule has 0 amide bonds. The highest BCUT2D eigenvalue weighted by Gasteiger charge is 2.52. The maximum Gasteiger partial charge on any atom is 0.305 e. The van der Waals surface area contributed by atoms with Gasteiger partial charge in [0.25, 0.3) is 5.56 Å². The number of hydrogen-bond donors (Lipinski definition) is 1. The predicted molar refractivity (Wildman–Crippen MR) is 118 cm³/mol. The molecular weight excluding hydrogens is 466 g/mol. The molecular formula is C23H25NO11. The van der Waals surface area contributed by atoms with Crippen molar-refractivity contribution in [2.75, 3.05) is 14.2 Å². The van der Waals surface area contributed by atoms with Crippen molar-refractivity contribution in [1.82, 2.24) is 4.57 Å². The van der Waals surface area contributed by atoms with Crippen molar-refractivity contribution >= 4 is 17.9 Å². The molecule has 1 N–H and O–H groups in total. The molecule has 12 nitrogen and oxygen atoms in total. The first-order valence-electron chi connectivity index (χ1n) is 10.4. The molecule has 0 saturated carbocycles. The van der Waals surface area contributed by atoms with Crippen molar-refractivity contribution in [3.8, 4) is 28.4 Å². The Balaban J connectivity index is 2.13. The Morgan fingerprint density at radius 3 is 2.06 bits per heavy atom. The van der Waals surface area contributed by atoms with Crippen molar-refractivity contribution < 1.29 is 47.9 Å². The summed E-state index contributed by atoms with van der Waals surface area (Å²) in [5, 5.41) is 10.5. The summed E-state index contributed by atoms with van der Waals surface area (Å²) in [7, 11) is 2.88. The van der Waals surface area contributed by atoms with Gasteiger partial charge in [0.1, 0.15) is 5.75 Å². The molecule has 0 spiro atoms. The van der Waals surface area contributed by atoms with Gasteiger partial charge in [0.05, 0.1) is 19.8 Å². The van der Waals surface area contributed by atoms with Gasteiger partial charge in [-0.15, -0.1) is 0 Å². The van der Waals surface area contributed by atoms with Crippen molar-refractivity contribution in [2.45, 2.75) is 45.5 Å². The van der Waals surface area contributed by atoms with Crippen LogP contribution in [0.1, 0.15) is 27.0 Å². The third-order valence-corrected chi connectivity index (χ3v) is 5.08. The Hall–Kier alpha value is -4.06.